The van der Waals surface area contributed by atoms with Crippen molar-refractivity contribution in [1.29, 1.82) is 0 Å². The van der Waals surface area contributed by atoms with Gasteiger partial charge in [0, 0.05) is 12.6 Å². The summed E-state index contributed by atoms with van der Waals surface area (Å²) in [7, 11) is -4.09. The van der Waals surface area contributed by atoms with Crippen LogP contribution in [0.1, 0.15) is 12.1 Å². The van der Waals surface area contributed by atoms with Crippen molar-refractivity contribution < 1.29 is 35.7 Å². The van der Waals surface area contributed by atoms with Gasteiger partial charge in [-0.2, -0.15) is 0 Å². The van der Waals surface area contributed by atoms with Crippen LogP contribution < -0.4 is 4.72 Å². The highest BCUT2D eigenvalue weighted by atomic mass is 32.2. The summed E-state index contributed by atoms with van der Waals surface area (Å²) in [6.07, 6.45) is 1.20. The number of carbonyl (C=O) groups is 1. The molecule has 28 heavy (non-hydrogen) atoms. The molecule has 0 amide bonds. The molecule has 2 heterocycles. The molecule has 0 atom stereocenters. The van der Waals surface area contributed by atoms with Crippen LogP contribution in [0, 0.1) is 11.6 Å². The van der Waals surface area contributed by atoms with Crippen molar-refractivity contribution in [2.45, 2.75) is 17.9 Å². The number of esters is 1. The zero-order chi connectivity index (χ0) is 20.1. The van der Waals surface area contributed by atoms with Gasteiger partial charge in [-0.1, -0.05) is 5.16 Å². The average molecular weight is 412 g/mol. The van der Waals surface area contributed by atoms with Gasteiger partial charge in [-0.25, -0.2) is 21.9 Å². The van der Waals surface area contributed by atoms with Crippen molar-refractivity contribution in [3.63, 3.8) is 0 Å². The van der Waals surface area contributed by atoms with Gasteiger partial charge in [0.15, 0.2) is 17.4 Å². The van der Waals surface area contributed by atoms with Crippen LogP contribution >= 0.6 is 0 Å². The minimum atomic E-state index is -4.09. The molecule has 3 rings (SSSR count). The van der Waals surface area contributed by atoms with Gasteiger partial charge < -0.3 is 13.7 Å². The first-order chi connectivity index (χ1) is 13.3. The van der Waals surface area contributed by atoms with Crippen LogP contribution in [0.2, 0.25) is 0 Å². The van der Waals surface area contributed by atoms with Gasteiger partial charge in [0.1, 0.15) is 12.3 Å². The van der Waals surface area contributed by atoms with Gasteiger partial charge in [0.25, 0.3) is 0 Å². The summed E-state index contributed by atoms with van der Waals surface area (Å²) in [6.45, 7) is -0.449. The van der Waals surface area contributed by atoms with Crippen molar-refractivity contribution in [2.75, 3.05) is 6.54 Å². The number of furan rings is 1. The van der Waals surface area contributed by atoms with Crippen molar-refractivity contribution >= 4 is 16.0 Å². The van der Waals surface area contributed by atoms with E-state index in [0.29, 0.717) is 29.3 Å². The summed E-state index contributed by atoms with van der Waals surface area (Å²) >= 11 is 0. The molecule has 0 unspecified atom stereocenters. The maximum atomic E-state index is 13.2. The highest BCUT2D eigenvalue weighted by Gasteiger charge is 2.17. The lowest BCUT2D eigenvalue weighted by atomic mass is 10.3. The molecular weight excluding hydrogens is 398 g/mol. The molecule has 0 saturated carbocycles. The van der Waals surface area contributed by atoms with Crippen LogP contribution in [0.4, 0.5) is 8.78 Å². The molecule has 2 aromatic heterocycles. The molecule has 0 saturated heterocycles. The van der Waals surface area contributed by atoms with Crippen LogP contribution in [0.25, 0.3) is 11.5 Å². The second-order valence-corrected chi connectivity index (χ2v) is 7.31. The van der Waals surface area contributed by atoms with E-state index in [-0.39, 0.29) is 19.6 Å². The molecule has 0 aliphatic heterocycles. The van der Waals surface area contributed by atoms with E-state index in [0.717, 1.165) is 6.07 Å². The van der Waals surface area contributed by atoms with Gasteiger partial charge in [-0.3, -0.25) is 4.79 Å². The molecule has 0 spiro atoms. The van der Waals surface area contributed by atoms with E-state index in [9.17, 15) is 22.0 Å². The molecule has 8 nitrogen and oxygen atoms in total. The summed E-state index contributed by atoms with van der Waals surface area (Å²) < 4.78 is 67.3. The van der Waals surface area contributed by atoms with Crippen molar-refractivity contribution in [2.24, 2.45) is 0 Å². The van der Waals surface area contributed by atoms with Crippen LogP contribution in [0.3, 0.4) is 0 Å². The van der Waals surface area contributed by atoms with E-state index >= 15 is 0 Å². The number of carbonyl (C=O) groups excluding carboxylic acids is 1. The summed E-state index contributed by atoms with van der Waals surface area (Å²) in [6, 6.07) is 7.07. The summed E-state index contributed by atoms with van der Waals surface area (Å²) in [5.74, 6) is -2.29. The average Bonchev–Trinajstić information content (AvgIpc) is 3.33. The molecule has 11 heteroatoms. The SMILES string of the molecule is O=C(CCNS(=O)(=O)c1ccc(F)c(F)c1)OCc1cc(-c2ccco2)on1. The second kappa shape index (κ2) is 8.31. The van der Waals surface area contributed by atoms with Gasteiger partial charge in [-0.05, 0) is 30.3 Å². The number of nitrogens with zero attached hydrogens (tertiary/aromatic N) is 1. The third-order valence-corrected chi connectivity index (χ3v) is 4.99. The molecule has 0 aliphatic rings. The predicted octanol–water partition coefficient (Wildman–Crippen LogP) is 2.62. The van der Waals surface area contributed by atoms with Crippen LogP contribution in [0.5, 0.6) is 0 Å². The highest BCUT2D eigenvalue weighted by molar-refractivity contribution is 7.89. The minimum Gasteiger partial charge on any atom is -0.461 e. The highest BCUT2D eigenvalue weighted by Crippen LogP contribution is 2.20. The Hall–Kier alpha value is -3.05. The van der Waals surface area contributed by atoms with Gasteiger partial charge >= 0.3 is 5.97 Å². The normalized spacial score (nSPS) is 11.5. The Morgan fingerprint density at radius 1 is 1.14 bits per heavy atom. The number of benzene rings is 1. The second-order valence-electron chi connectivity index (χ2n) is 5.54. The number of halogens is 2. The number of nitrogens with one attached hydrogen (secondary N) is 1. The lowest BCUT2D eigenvalue weighted by Crippen LogP contribution is -2.27. The van der Waals surface area contributed by atoms with E-state index in [1.54, 1.807) is 12.1 Å². The summed E-state index contributed by atoms with van der Waals surface area (Å²) in [5.41, 5.74) is 0.349. The van der Waals surface area contributed by atoms with E-state index in [4.69, 9.17) is 13.7 Å². The van der Waals surface area contributed by atoms with Crippen molar-refractivity contribution in [1.82, 2.24) is 9.88 Å². The lowest BCUT2D eigenvalue weighted by molar-refractivity contribution is -0.144. The maximum Gasteiger partial charge on any atom is 0.307 e. The molecule has 0 radical (unpaired) electrons. The van der Waals surface area contributed by atoms with E-state index in [1.165, 1.54) is 12.3 Å². The Morgan fingerprint density at radius 2 is 1.96 bits per heavy atom. The van der Waals surface area contributed by atoms with E-state index < -0.39 is 32.5 Å². The largest absolute Gasteiger partial charge is 0.461 e. The first-order valence-corrected chi connectivity index (χ1v) is 9.43. The van der Waals surface area contributed by atoms with Crippen LogP contribution in [-0.2, 0) is 26.2 Å². The standard InChI is InChI=1S/C17H14F2N2O6S/c18-13-4-3-12(9-14(13)19)28(23,24)20-6-5-17(22)26-10-11-8-16(27-21-11)15-2-1-7-25-15/h1-4,7-9,20H,5-6,10H2. The van der Waals surface area contributed by atoms with Gasteiger partial charge in [0.05, 0.1) is 17.6 Å². The minimum absolute atomic E-state index is 0.168. The first kappa shape index (κ1) is 19.7. The van der Waals surface area contributed by atoms with Crippen molar-refractivity contribution in [3.8, 4) is 11.5 Å². The number of hydrogen-bond donors (Lipinski definition) is 1. The smallest absolute Gasteiger partial charge is 0.307 e. The van der Waals surface area contributed by atoms with Crippen LogP contribution in [-0.4, -0.2) is 26.1 Å². The maximum absolute atomic E-state index is 13.2. The predicted molar refractivity (Wildman–Crippen MR) is 90.2 cm³/mol. The topological polar surface area (TPSA) is 112 Å². The Kier molecular flexibility index (Phi) is 5.85. The Bertz CT molecular complexity index is 1060. The molecule has 1 aromatic carbocycles. The number of aromatic nitrogens is 1. The van der Waals surface area contributed by atoms with E-state index in [1.807, 2.05) is 0 Å². The zero-order valence-corrected chi connectivity index (χ0v) is 15.0. The number of ether oxygens (including phenoxy) is 1. The Morgan fingerprint density at radius 3 is 2.68 bits per heavy atom. The monoisotopic (exact) mass is 412 g/mol. The van der Waals surface area contributed by atoms with Crippen LogP contribution in [0.15, 0.2) is 56.5 Å². The Labute approximate surface area is 158 Å². The van der Waals surface area contributed by atoms with E-state index in [2.05, 4.69) is 9.88 Å². The number of rotatable bonds is 8. The molecule has 0 aliphatic carbocycles. The lowest BCUT2D eigenvalue weighted by Gasteiger charge is -2.07. The third-order valence-electron chi connectivity index (χ3n) is 3.53. The fraction of sp³-hybridized carbons (Fsp3) is 0.176. The fourth-order valence-electron chi connectivity index (χ4n) is 2.16. The molecule has 0 bridgehead atoms. The van der Waals surface area contributed by atoms with Gasteiger partial charge in [-0.15, -0.1) is 0 Å². The molecule has 3 aromatic rings. The first-order valence-electron chi connectivity index (χ1n) is 7.95. The van der Waals surface area contributed by atoms with Crippen molar-refractivity contribution in [3.05, 3.63) is 60.0 Å². The number of hydrogen-bond acceptors (Lipinski definition) is 7. The molecule has 148 valence electrons. The third kappa shape index (κ3) is 4.81. The number of sulfonamides is 1. The molecule has 1 N–H and O–H groups in total. The Balaban J connectivity index is 1.46. The van der Waals surface area contributed by atoms with Gasteiger partial charge in [0.2, 0.25) is 15.8 Å². The molecule has 0 fully saturated rings. The zero-order valence-electron chi connectivity index (χ0n) is 14.2. The quantitative estimate of drug-likeness (QED) is 0.566. The summed E-state index contributed by atoms with van der Waals surface area (Å²) in [4.78, 5) is 11.3. The summed E-state index contributed by atoms with van der Waals surface area (Å²) in [5, 5.41) is 3.73. The fourth-order valence-corrected chi connectivity index (χ4v) is 3.20. The molecular formula is C17H14F2N2O6S.